The number of benzene rings is 1. The summed E-state index contributed by atoms with van der Waals surface area (Å²) in [5.41, 5.74) is 4.70. The Kier molecular flexibility index (Phi) is 7.73. The molecule has 3 rings (SSSR count). The number of allylic oxidation sites excluding steroid dienone is 2. The monoisotopic (exact) mass is 438 g/mol. The van der Waals surface area contributed by atoms with E-state index in [-0.39, 0.29) is 5.97 Å². The van der Waals surface area contributed by atoms with Crippen LogP contribution in [-0.4, -0.2) is 42.2 Å². The van der Waals surface area contributed by atoms with E-state index in [9.17, 15) is 4.79 Å². The van der Waals surface area contributed by atoms with Crippen molar-refractivity contribution in [1.29, 1.82) is 0 Å². The predicted molar refractivity (Wildman–Crippen MR) is 130 cm³/mol. The fourth-order valence-corrected chi connectivity index (χ4v) is 4.31. The van der Waals surface area contributed by atoms with E-state index in [1.54, 1.807) is 0 Å². The molecule has 0 spiro atoms. The number of hydrogen-bond acceptors (Lipinski definition) is 5. The molecule has 0 radical (unpaired) electrons. The van der Waals surface area contributed by atoms with Gasteiger partial charge in [0.1, 0.15) is 0 Å². The molecule has 1 unspecified atom stereocenters. The molecule has 1 aromatic carbocycles. The largest absolute Gasteiger partial charge is 0.464 e. The smallest absolute Gasteiger partial charge is 0.339 e. The highest BCUT2D eigenvalue weighted by Gasteiger charge is 2.30. The van der Waals surface area contributed by atoms with Crippen molar-refractivity contribution in [2.45, 2.75) is 78.0 Å². The number of pyridine rings is 1. The van der Waals surface area contributed by atoms with Gasteiger partial charge in [0, 0.05) is 17.8 Å². The topological polar surface area (TPSA) is 51.7 Å². The fraction of sp³-hybridized carbons (Fsp3) is 0.556. The minimum Gasteiger partial charge on any atom is -0.464 e. The van der Waals surface area contributed by atoms with Gasteiger partial charge < -0.3 is 14.4 Å². The van der Waals surface area contributed by atoms with Gasteiger partial charge in [-0.2, -0.15) is 0 Å². The summed E-state index contributed by atoms with van der Waals surface area (Å²) in [6, 6.07) is 6.41. The Bertz CT molecular complexity index is 989. The van der Waals surface area contributed by atoms with Crippen LogP contribution in [0.4, 0.5) is 0 Å². The van der Waals surface area contributed by atoms with Crippen LogP contribution >= 0.6 is 0 Å². The van der Waals surface area contributed by atoms with Gasteiger partial charge in [0.2, 0.25) is 0 Å². The van der Waals surface area contributed by atoms with E-state index < -0.39 is 11.7 Å². The molecule has 0 N–H and O–H groups in total. The first-order chi connectivity index (χ1) is 15.1. The third kappa shape index (κ3) is 5.96. The van der Waals surface area contributed by atoms with Crippen molar-refractivity contribution in [3.05, 3.63) is 52.7 Å². The summed E-state index contributed by atoms with van der Waals surface area (Å²) in [7, 11) is 4.16. The van der Waals surface area contributed by atoms with Gasteiger partial charge in [0.15, 0.2) is 6.10 Å². The summed E-state index contributed by atoms with van der Waals surface area (Å²) in [5.74, 6) is 0.0320. The lowest BCUT2D eigenvalue weighted by Gasteiger charge is -2.28. The number of carbonyl (C=O) groups is 1. The molecule has 1 heterocycles. The number of aryl methyl sites for hydroxylation is 1. The summed E-state index contributed by atoms with van der Waals surface area (Å²) in [6.07, 6.45) is 7.33. The van der Waals surface area contributed by atoms with Crippen molar-refractivity contribution in [1.82, 2.24) is 9.88 Å². The maximum Gasteiger partial charge on any atom is 0.339 e. The Morgan fingerprint density at radius 1 is 1.25 bits per heavy atom. The van der Waals surface area contributed by atoms with Crippen LogP contribution in [0.15, 0.2) is 30.4 Å². The molecule has 0 saturated carbocycles. The molecule has 1 aliphatic carbocycles. The zero-order valence-corrected chi connectivity index (χ0v) is 20.7. The Morgan fingerprint density at radius 3 is 2.59 bits per heavy atom. The lowest BCUT2D eigenvalue weighted by molar-refractivity contribution is -0.166. The lowest BCUT2D eigenvalue weighted by Crippen LogP contribution is -2.29. The van der Waals surface area contributed by atoms with Gasteiger partial charge in [0.05, 0.1) is 23.4 Å². The first-order valence-electron chi connectivity index (χ1n) is 11.7. The van der Waals surface area contributed by atoms with E-state index in [0.29, 0.717) is 12.5 Å². The van der Waals surface area contributed by atoms with Gasteiger partial charge in [0.25, 0.3) is 0 Å². The SMILES string of the molecule is CCOC(=O)[C@@H](OC(C)(C)C)c1cc2cc(C3C=CCCC3)c(CN(C)C)nc2cc1C. The van der Waals surface area contributed by atoms with Crippen molar-refractivity contribution in [2.24, 2.45) is 0 Å². The minimum atomic E-state index is -0.765. The van der Waals surface area contributed by atoms with Gasteiger partial charge in [-0.3, -0.25) is 4.98 Å². The molecular weight excluding hydrogens is 400 g/mol. The van der Waals surface area contributed by atoms with Gasteiger partial charge in [-0.1, -0.05) is 12.2 Å². The molecule has 32 heavy (non-hydrogen) atoms. The molecule has 5 heteroatoms. The molecule has 174 valence electrons. The molecule has 0 bridgehead atoms. The van der Waals surface area contributed by atoms with Crippen LogP contribution in [0.25, 0.3) is 10.9 Å². The molecule has 0 fully saturated rings. The number of aromatic nitrogens is 1. The summed E-state index contributed by atoms with van der Waals surface area (Å²) in [5, 5.41) is 1.04. The highest BCUT2D eigenvalue weighted by atomic mass is 16.6. The second-order valence-electron chi connectivity index (χ2n) is 9.99. The molecule has 2 atom stereocenters. The number of rotatable bonds is 7. The van der Waals surface area contributed by atoms with E-state index in [1.165, 1.54) is 12.0 Å². The Balaban J connectivity index is 2.14. The van der Waals surface area contributed by atoms with E-state index >= 15 is 0 Å². The molecule has 2 aromatic rings. The van der Waals surface area contributed by atoms with Gasteiger partial charge in [-0.15, -0.1) is 0 Å². The maximum absolute atomic E-state index is 12.8. The number of ether oxygens (including phenoxy) is 2. The normalized spacial score (nSPS) is 17.7. The van der Waals surface area contributed by atoms with E-state index in [2.05, 4.69) is 49.3 Å². The highest BCUT2D eigenvalue weighted by Crippen LogP contribution is 2.35. The number of hydrogen-bond donors (Lipinski definition) is 0. The number of carbonyl (C=O) groups excluding carboxylic acids is 1. The van der Waals surface area contributed by atoms with Crippen molar-refractivity contribution < 1.29 is 14.3 Å². The van der Waals surface area contributed by atoms with Crippen LogP contribution in [0.3, 0.4) is 0 Å². The van der Waals surface area contributed by atoms with E-state index in [4.69, 9.17) is 14.5 Å². The van der Waals surface area contributed by atoms with Gasteiger partial charge in [-0.05, 0) is 103 Å². The first-order valence-corrected chi connectivity index (χ1v) is 11.7. The van der Waals surface area contributed by atoms with E-state index in [1.807, 2.05) is 34.6 Å². The maximum atomic E-state index is 12.8. The third-order valence-corrected chi connectivity index (χ3v) is 5.69. The van der Waals surface area contributed by atoms with Crippen molar-refractivity contribution in [3.63, 3.8) is 0 Å². The molecule has 1 aromatic heterocycles. The molecule has 1 aliphatic rings. The number of nitrogens with zero attached hydrogens (tertiary/aromatic N) is 2. The van der Waals surface area contributed by atoms with E-state index in [0.717, 1.165) is 47.1 Å². The average molecular weight is 439 g/mol. The summed E-state index contributed by atoms with van der Waals surface area (Å²) in [4.78, 5) is 20.1. The first kappa shape index (κ1) is 24.4. The summed E-state index contributed by atoms with van der Waals surface area (Å²) >= 11 is 0. The van der Waals surface area contributed by atoms with Crippen molar-refractivity contribution in [2.75, 3.05) is 20.7 Å². The van der Waals surface area contributed by atoms with Crippen LogP contribution in [0, 0.1) is 6.92 Å². The van der Waals surface area contributed by atoms with Crippen LogP contribution in [0.5, 0.6) is 0 Å². The van der Waals surface area contributed by atoms with Crippen LogP contribution in [0.2, 0.25) is 0 Å². The number of esters is 1. The number of fused-ring (bicyclic) bond motifs is 1. The Hall–Kier alpha value is -2.24. The standard InChI is InChI=1S/C27H38N2O3/c1-8-31-26(30)25(32-27(3,4)5)21-15-20-16-22(19-12-10-9-11-13-19)24(17-29(6)7)28-23(20)14-18(21)2/h10,12,14-16,19,25H,8-9,11,13,17H2,1-7H3/t19?,25-/m0/s1. The Labute approximate surface area is 192 Å². The van der Waals surface area contributed by atoms with Crippen LogP contribution in [-0.2, 0) is 20.8 Å². The molecule has 0 amide bonds. The van der Waals surface area contributed by atoms with Crippen LogP contribution in [0.1, 0.15) is 81.4 Å². The molecular formula is C27H38N2O3. The molecule has 0 saturated heterocycles. The van der Waals surface area contributed by atoms with Gasteiger partial charge >= 0.3 is 5.97 Å². The summed E-state index contributed by atoms with van der Waals surface area (Å²) < 4.78 is 11.5. The molecule has 5 nitrogen and oxygen atoms in total. The van der Waals surface area contributed by atoms with Crippen molar-refractivity contribution >= 4 is 16.9 Å². The lowest BCUT2D eigenvalue weighted by atomic mass is 9.87. The zero-order valence-electron chi connectivity index (χ0n) is 20.7. The second-order valence-corrected chi connectivity index (χ2v) is 9.99. The van der Waals surface area contributed by atoms with Gasteiger partial charge in [-0.25, -0.2) is 4.79 Å². The van der Waals surface area contributed by atoms with Crippen LogP contribution < -0.4 is 0 Å². The van der Waals surface area contributed by atoms with Crippen molar-refractivity contribution in [3.8, 4) is 0 Å². The average Bonchev–Trinajstić information content (AvgIpc) is 2.71. The predicted octanol–water partition coefficient (Wildman–Crippen LogP) is 5.85. The zero-order chi connectivity index (χ0) is 23.5. The quantitative estimate of drug-likeness (QED) is 0.401. The summed E-state index contributed by atoms with van der Waals surface area (Å²) in [6.45, 7) is 10.8. The highest BCUT2D eigenvalue weighted by molar-refractivity contribution is 5.85. The second kappa shape index (κ2) is 10.1. The third-order valence-electron chi connectivity index (χ3n) is 5.69. The minimum absolute atomic E-state index is 0.322. The Morgan fingerprint density at radius 2 is 2.00 bits per heavy atom. The molecule has 0 aliphatic heterocycles. The fourth-order valence-electron chi connectivity index (χ4n) is 4.31.